The predicted molar refractivity (Wildman–Crippen MR) is 149 cm³/mol. The van der Waals surface area contributed by atoms with E-state index < -0.39 is 29.0 Å². The van der Waals surface area contributed by atoms with Crippen LogP contribution < -0.4 is 10.4 Å². The number of aliphatic hydroxyl groups is 2. The third-order valence-corrected chi connectivity index (χ3v) is 6.25. The van der Waals surface area contributed by atoms with E-state index in [2.05, 4.69) is 5.43 Å². The summed E-state index contributed by atoms with van der Waals surface area (Å²) < 4.78 is 0. The number of nitrogens with one attached hydrogen (secondary N) is 1. The average molecular weight is 521 g/mol. The summed E-state index contributed by atoms with van der Waals surface area (Å²) in [6.07, 6.45) is 0.798. The van der Waals surface area contributed by atoms with Gasteiger partial charge in [-0.3, -0.25) is 19.8 Å². The van der Waals surface area contributed by atoms with Crippen LogP contribution in [0.2, 0.25) is 0 Å². The molecule has 196 valence electrons. The first-order valence-corrected chi connectivity index (χ1v) is 12.3. The normalized spacial score (nSPS) is 11.5. The number of rotatable bonds is 7. The lowest BCUT2D eigenvalue weighted by Crippen LogP contribution is -2.56. The van der Waals surface area contributed by atoms with Crippen LogP contribution in [0.3, 0.4) is 0 Å². The minimum atomic E-state index is -2.19. The van der Waals surface area contributed by atoms with Gasteiger partial charge in [0.05, 0.1) is 5.69 Å². The van der Waals surface area contributed by atoms with E-state index in [0.717, 1.165) is 22.2 Å². The SMILES string of the molecule is Cc1ccc(C(O)(C(=O)NN(C(=O)C(=O)C=C(O)c2ccccc2)c2ccccc2)c2ccc(C)cc2)cc1. The number of ketones is 1. The van der Waals surface area contributed by atoms with E-state index >= 15 is 0 Å². The van der Waals surface area contributed by atoms with Crippen molar-refractivity contribution in [2.24, 2.45) is 0 Å². The molecule has 4 rings (SSSR count). The molecular formula is C32H28N2O5. The van der Waals surface area contributed by atoms with Crippen molar-refractivity contribution < 1.29 is 24.6 Å². The topological polar surface area (TPSA) is 107 Å². The molecule has 0 unspecified atom stereocenters. The Balaban J connectivity index is 1.73. The Morgan fingerprint density at radius 3 is 1.67 bits per heavy atom. The van der Waals surface area contributed by atoms with Gasteiger partial charge in [-0.2, -0.15) is 0 Å². The number of para-hydroxylation sites is 1. The molecular weight excluding hydrogens is 492 g/mol. The molecule has 0 fully saturated rings. The van der Waals surface area contributed by atoms with Crippen LogP contribution in [-0.2, 0) is 20.0 Å². The van der Waals surface area contributed by atoms with Crippen LogP contribution in [0.5, 0.6) is 0 Å². The summed E-state index contributed by atoms with van der Waals surface area (Å²) in [6, 6.07) is 29.9. The summed E-state index contributed by atoms with van der Waals surface area (Å²) in [4.78, 5) is 40.2. The van der Waals surface area contributed by atoms with Crippen molar-refractivity contribution in [2.75, 3.05) is 5.01 Å². The predicted octanol–water partition coefficient (Wildman–Crippen LogP) is 4.77. The molecule has 2 amide bonds. The van der Waals surface area contributed by atoms with E-state index in [-0.39, 0.29) is 16.8 Å². The molecule has 39 heavy (non-hydrogen) atoms. The highest BCUT2D eigenvalue weighted by atomic mass is 16.3. The number of carbonyl (C=O) groups is 3. The van der Waals surface area contributed by atoms with Gasteiger partial charge in [0, 0.05) is 11.6 Å². The zero-order valence-corrected chi connectivity index (χ0v) is 21.5. The van der Waals surface area contributed by atoms with Crippen LogP contribution in [0.4, 0.5) is 5.69 Å². The van der Waals surface area contributed by atoms with E-state index in [1.165, 1.54) is 12.1 Å². The molecule has 0 atom stereocenters. The molecule has 0 aliphatic heterocycles. The van der Waals surface area contributed by atoms with E-state index in [0.29, 0.717) is 5.56 Å². The summed E-state index contributed by atoms with van der Waals surface area (Å²) in [5.74, 6) is -3.55. The van der Waals surface area contributed by atoms with Crippen molar-refractivity contribution >= 4 is 29.0 Å². The minimum Gasteiger partial charge on any atom is -0.507 e. The van der Waals surface area contributed by atoms with E-state index in [4.69, 9.17) is 0 Å². The van der Waals surface area contributed by atoms with Crippen LogP contribution in [0, 0.1) is 13.8 Å². The van der Waals surface area contributed by atoms with Crippen LogP contribution in [0.1, 0.15) is 27.8 Å². The van der Waals surface area contributed by atoms with Crippen molar-refractivity contribution in [1.82, 2.24) is 5.43 Å². The quantitative estimate of drug-likeness (QED) is 0.141. The van der Waals surface area contributed by atoms with Crippen molar-refractivity contribution in [2.45, 2.75) is 19.4 Å². The maximum absolute atomic E-state index is 13.9. The minimum absolute atomic E-state index is 0.187. The molecule has 7 heteroatoms. The first-order valence-electron chi connectivity index (χ1n) is 12.3. The van der Waals surface area contributed by atoms with Crippen molar-refractivity contribution in [3.8, 4) is 0 Å². The number of benzene rings is 4. The first-order chi connectivity index (χ1) is 18.7. The van der Waals surface area contributed by atoms with Gasteiger partial charge < -0.3 is 10.2 Å². The van der Waals surface area contributed by atoms with Crippen LogP contribution in [0.15, 0.2) is 115 Å². The highest BCUT2D eigenvalue weighted by Crippen LogP contribution is 2.31. The molecule has 7 nitrogen and oxygen atoms in total. The maximum atomic E-state index is 13.9. The van der Waals surface area contributed by atoms with Gasteiger partial charge in [0.1, 0.15) is 5.76 Å². The lowest BCUT2D eigenvalue weighted by Gasteiger charge is -2.31. The summed E-state index contributed by atoms with van der Waals surface area (Å²) in [5, 5.41) is 23.1. The molecule has 0 saturated heterocycles. The van der Waals surface area contributed by atoms with Gasteiger partial charge in [-0.25, -0.2) is 5.01 Å². The van der Waals surface area contributed by atoms with Gasteiger partial charge in [-0.15, -0.1) is 0 Å². The second kappa shape index (κ2) is 11.6. The molecule has 0 radical (unpaired) electrons. The van der Waals surface area contributed by atoms with Gasteiger partial charge in [-0.05, 0) is 37.1 Å². The monoisotopic (exact) mass is 520 g/mol. The fraction of sp³-hybridized carbons (Fsp3) is 0.0938. The van der Waals surface area contributed by atoms with Crippen LogP contribution >= 0.6 is 0 Å². The Hall–Kier alpha value is -5.01. The number of nitrogens with zero attached hydrogens (tertiary/aromatic N) is 1. The number of hydrogen-bond donors (Lipinski definition) is 3. The Morgan fingerprint density at radius 1 is 0.718 bits per heavy atom. The third kappa shape index (κ3) is 5.95. The molecule has 4 aromatic carbocycles. The second-order valence-electron chi connectivity index (χ2n) is 9.12. The number of aliphatic hydroxyl groups excluding tert-OH is 1. The molecule has 0 saturated carbocycles. The molecule has 0 aromatic heterocycles. The molecule has 0 aliphatic rings. The van der Waals surface area contributed by atoms with Gasteiger partial charge in [-0.1, -0.05) is 108 Å². The van der Waals surface area contributed by atoms with Crippen molar-refractivity contribution in [1.29, 1.82) is 0 Å². The Kier molecular flexibility index (Phi) is 8.03. The summed E-state index contributed by atoms with van der Waals surface area (Å²) in [5.41, 5.74) is 3.22. The lowest BCUT2D eigenvalue weighted by molar-refractivity contribution is -0.140. The van der Waals surface area contributed by atoms with Crippen LogP contribution in [0.25, 0.3) is 5.76 Å². The van der Waals surface area contributed by atoms with E-state index in [9.17, 15) is 24.6 Å². The van der Waals surface area contributed by atoms with Gasteiger partial charge >= 0.3 is 5.91 Å². The van der Waals surface area contributed by atoms with E-state index in [1.54, 1.807) is 97.1 Å². The van der Waals surface area contributed by atoms with Gasteiger partial charge in [0.2, 0.25) is 5.78 Å². The smallest absolute Gasteiger partial charge is 0.317 e. The van der Waals surface area contributed by atoms with Crippen molar-refractivity contribution in [3.05, 3.63) is 143 Å². The lowest BCUT2D eigenvalue weighted by atomic mass is 9.85. The summed E-state index contributed by atoms with van der Waals surface area (Å²) in [7, 11) is 0. The molecule has 3 N–H and O–H groups in total. The first kappa shape index (κ1) is 27.0. The zero-order chi connectivity index (χ0) is 28.0. The Morgan fingerprint density at radius 2 is 1.18 bits per heavy atom. The third-order valence-electron chi connectivity index (χ3n) is 6.25. The van der Waals surface area contributed by atoms with E-state index in [1.807, 2.05) is 13.8 Å². The van der Waals surface area contributed by atoms with Crippen molar-refractivity contribution in [3.63, 3.8) is 0 Å². The molecule has 0 aliphatic carbocycles. The van der Waals surface area contributed by atoms with Crippen LogP contribution in [-0.4, -0.2) is 27.8 Å². The average Bonchev–Trinajstić information content (AvgIpc) is 2.96. The fourth-order valence-electron chi connectivity index (χ4n) is 4.00. The number of aryl methyl sites for hydroxylation is 2. The summed E-state index contributed by atoms with van der Waals surface area (Å²) >= 11 is 0. The Labute approximate surface area is 226 Å². The molecule has 0 bridgehead atoms. The molecule has 0 spiro atoms. The Bertz CT molecular complexity index is 1450. The van der Waals surface area contributed by atoms with Gasteiger partial charge in [0.25, 0.3) is 5.91 Å². The maximum Gasteiger partial charge on any atom is 0.317 e. The standard InChI is InChI=1S/C32H28N2O5/c1-22-13-17-25(18-14-22)32(39,26-19-15-23(2)16-20-26)31(38)33-34(27-11-7-4-8-12-27)30(37)29(36)21-28(35)24-9-5-3-6-10-24/h3-21,35,39H,1-2H3,(H,33,38). The fourth-order valence-corrected chi connectivity index (χ4v) is 4.00. The molecule has 0 heterocycles. The number of amides is 2. The van der Waals surface area contributed by atoms with Gasteiger partial charge in [0.15, 0.2) is 5.60 Å². The number of hydrogen-bond acceptors (Lipinski definition) is 5. The highest BCUT2D eigenvalue weighted by molar-refractivity contribution is 6.46. The largest absolute Gasteiger partial charge is 0.507 e. The number of hydrazine groups is 1. The zero-order valence-electron chi connectivity index (χ0n) is 21.5. The molecule has 4 aromatic rings. The number of carbonyl (C=O) groups excluding carboxylic acids is 3. The highest BCUT2D eigenvalue weighted by Gasteiger charge is 2.42. The second-order valence-corrected chi connectivity index (χ2v) is 9.12. The number of anilines is 1. The summed E-state index contributed by atoms with van der Waals surface area (Å²) in [6.45, 7) is 3.77.